The van der Waals surface area contributed by atoms with E-state index in [-0.39, 0.29) is 11.7 Å². The van der Waals surface area contributed by atoms with Crippen molar-refractivity contribution < 1.29 is 13.9 Å². The van der Waals surface area contributed by atoms with Crippen molar-refractivity contribution in [2.45, 2.75) is 64.6 Å². The minimum Gasteiger partial charge on any atom is -0.444 e. The number of pyridine rings is 2. The maximum atomic E-state index is 14.5. The first-order chi connectivity index (χ1) is 19.1. The van der Waals surface area contributed by atoms with Crippen LogP contribution in [-0.4, -0.2) is 61.9 Å². The highest BCUT2D eigenvalue weighted by Gasteiger charge is 2.31. The number of alkyl carbamates (subject to hydrolysis) is 1. The molecule has 0 spiro atoms. The summed E-state index contributed by atoms with van der Waals surface area (Å²) in [6.07, 6.45) is 9.18. The number of carbonyl (C=O) groups is 1. The van der Waals surface area contributed by atoms with Gasteiger partial charge in [-0.2, -0.15) is 9.61 Å². The van der Waals surface area contributed by atoms with Gasteiger partial charge in [-0.3, -0.25) is 9.97 Å². The number of nitrogens with zero attached hydrogens (tertiary/aromatic N) is 7. The Morgan fingerprint density at radius 1 is 1.15 bits per heavy atom. The highest BCUT2D eigenvalue weighted by atomic mass is 19.1. The Morgan fingerprint density at radius 3 is 2.73 bits per heavy atom. The van der Waals surface area contributed by atoms with Crippen LogP contribution in [0.15, 0.2) is 55.1 Å². The summed E-state index contributed by atoms with van der Waals surface area (Å²) in [5.74, 6) is 0.111. The molecule has 0 aliphatic carbocycles. The van der Waals surface area contributed by atoms with Crippen molar-refractivity contribution >= 4 is 28.9 Å². The van der Waals surface area contributed by atoms with E-state index >= 15 is 0 Å². The second-order valence-electron chi connectivity index (χ2n) is 11.0. The molecular formula is C29H35FN8O2. The fourth-order valence-electron chi connectivity index (χ4n) is 5.13. The molecule has 0 aromatic carbocycles. The van der Waals surface area contributed by atoms with Gasteiger partial charge in [-0.05, 0) is 70.4 Å². The summed E-state index contributed by atoms with van der Waals surface area (Å²) < 4.78 is 21.6. The number of rotatable bonds is 6. The third-order valence-corrected chi connectivity index (χ3v) is 7.01. The van der Waals surface area contributed by atoms with E-state index in [9.17, 15) is 9.18 Å². The number of nitrogens with one attached hydrogen (secondary N) is 1. The van der Waals surface area contributed by atoms with Crippen molar-refractivity contribution in [3.05, 3.63) is 60.9 Å². The molecule has 1 amide bonds. The minimum atomic E-state index is -0.561. The highest BCUT2D eigenvalue weighted by Crippen LogP contribution is 2.36. The van der Waals surface area contributed by atoms with Gasteiger partial charge >= 0.3 is 6.09 Å². The van der Waals surface area contributed by atoms with Crippen LogP contribution in [0.25, 0.3) is 16.9 Å². The SMILES string of the molecule is CC[C@H]1CC[C@H](NC(=O)OC(C)(C)C)CN1c1ccncc1N(C)c1ncc2ccc(-c3ncccc3F)nn12. The molecule has 210 valence electrons. The maximum absolute atomic E-state index is 14.5. The summed E-state index contributed by atoms with van der Waals surface area (Å²) in [5, 5.41) is 7.73. The van der Waals surface area contributed by atoms with Gasteiger partial charge < -0.3 is 19.9 Å². The number of piperidine rings is 1. The second kappa shape index (κ2) is 11.1. The van der Waals surface area contributed by atoms with Crippen LogP contribution in [0, 0.1) is 5.82 Å². The zero-order valence-electron chi connectivity index (χ0n) is 23.5. The number of aromatic nitrogens is 5. The van der Waals surface area contributed by atoms with Crippen molar-refractivity contribution in [3.63, 3.8) is 0 Å². The molecule has 5 rings (SSSR count). The third kappa shape index (κ3) is 5.68. The van der Waals surface area contributed by atoms with E-state index in [1.165, 1.54) is 6.07 Å². The normalized spacial score (nSPS) is 17.6. The van der Waals surface area contributed by atoms with Gasteiger partial charge in [-0.25, -0.2) is 14.2 Å². The molecule has 1 saturated heterocycles. The van der Waals surface area contributed by atoms with E-state index in [1.54, 1.807) is 41.4 Å². The molecule has 0 bridgehead atoms. The van der Waals surface area contributed by atoms with Crippen molar-refractivity contribution in [3.8, 4) is 11.4 Å². The number of anilines is 3. The van der Waals surface area contributed by atoms with Crippen LogP contribution in [0.3, 0.4) is 0 Å². The molecule has 4 aromatic heterocycles. The maximum Gasteiger partial charge on any atom is 0.407 e. The van der Waals surface area contributed by atoms with Gasteiger partial charge in [0.15, 0.2) is 5.82 Å². The van der Waals surface area contributed by atoms with Crippen LogP contribution < -0.4 is 15.1 Å². The lowest BCUT2D eigenvalue weighted by molar-refractivity contribution is 0.0497. The first-order valence-corrected chi connectivity index (χ1v) is 13.5. The van der Waals surface area contributed by atoms with Crippen LogP contribution >= 0.6 is 0 Å². The largest absolute Gasteiger partial charge is 0.444 e. The Bertz CT molecular complexity index is 1500. The Balaban J connectivity index is 1.46. The van der Waals surface area contributed by atoms with E-state index in [0.717, 1.165) is 36.2 Å². The van der Waals surface area contributed by atoms with Crippen LogP contribution in [0.4, 0.5) is 26.5 Å². The lowest BCUT2D eigenvalue weighted by atomic mass is 9.95. The van der Waals surface area contributed by atoms with Gasteiger partial charge in [0.05, 0.1) is 29.3 Å². The fourth-order valence-corrected chi connectivity index (χ4v) is 5.13. The van der Waals surface area contributed by atoms with Crippen molar-refractivity contribution in [1.82, 2.24) is 29.9 Å². The molecular weight excluding hydrogens is 511 g/mol. The Labute approximate surface area is 233 Å². The highest BCUT2D eigenvalue weighted by molar-refractivity contribution is 5.76. The average Bonchev–Trinajstić information content (AvgIpc) is 3.35. The van der Waals surface area contributed by atoms with Crippen LogP contribution in [0.5, 0.6) is 0 Å². The second-order valence-corrected chi connectivity index (χ2v) is 11.0. The fraction of sp³-hybridized carbons (Fsp3) is 0.414. The number of hydrogen-bond acceptors (Lipinski definition) is 8. The Kier molecular flexibility index (Phi) is 7.55. The number of carbonyl (C=O) groups excluding carboxylic acids is 1. The minimum absolute atomic E-state index is 0.0614. The first-order valence-electron chi connectivity index (χ1n) is 13.5. The lowest BCUT2D eigenvalue weighted by Gasteiger charge is -2.42. The topological polar surface area (TPSA) is 101 Å². The smallest absolute Gasteiger partial charge is 0.407 e. The standard InChI is InChI=1S/C29H35FN8O2/c1-6-20-10-9-19(34-28(39)40-29(2,3)4)18-37(20)24-13-15-31-17-25(24)36(5)27-33-16-21-11-12-23(35-38(21)27)26-22(30)8-7-14-32-26/h7-8,11-17,19-20H,6,9-10,18H2,1-5H3,(H,34,39)/t19-,20-/m0/s1. The average molecular weight is 547 g/mol. The van der Waals surface area contributed by atoms with Gasteiger partial charge in [0, 0.05) is 38.1 Å². The van der Waals surface area contributed by atoms with E-state index in [2.05, 4.69) is 37.2 Å². The summed E-state index contributed by atoms with van der Waals surface area (Å²) in [6.45, 7) is 8.38. The predicted octanol–water partition coefficient (Wildman–Crippen LogP) is 5.37. The predicted molar refractivity (Wildman–Crippen MR) is 152 cm³/mol. The summed E-state index contributed by atoms with van der Waals surface area (Å²) in [7, 11) is 1.91. The third-order valence-electron chi connectivity index (χ3n) is 7.01. The Morgan fingerprint density at radius 2 is 1.98 bits per heavy atom. The molecule has 1 aliphatic heterocycles. The molecule has 40 heavy (non-hydrogen) atoms. The van der Waals surface area contributed by atoms with Crippen molar-refractivity contribution in [1.29, 1.82) is 0 Å². The summed E-state index contributed by atoms with van der Waals surface area (Å²) >= 11 is 0. The molecule has 0 radical (unpaired) electrons. The monoisotopic (exact) mass is 546 g/mol. The number of ether oxygens (including phenoxy) is 1. The summed E-state index contributed by atoms with van der Waals surface area (Å²) in [5.41, 5.74) is 2.60. The summed E-state index contributed by atoms with van der Waals surface area (Å²) in [6, 6.07) is 8.71. The van der Waals surface area contributed by atoms with E-state index in [4.69, 9.17) is 4.74 Å². The number of imidazole rings is 1. The number of halogens is 1. The van der Waals surface area contributed by atoms with E-state index in [1.807, 2.05) is 44.9 Å². The van der Waals surface area contributed by atoms with Gasteiger partial charge in [0.1, 0.15) is 17.0 Å². The Hall–Kier alpha value is -4.28. The van der Waals surface area contributed by atoms with E-state index < -0.39 is 17.5 Å². The molecule has 11 heteroatoms. The molecule has 5 heterocycles. The molecule has 4 aromatic rings. The quantitative estimate of drug-likeness (QED) is 0.345. The number of fused-ring (bicyclic) bond motifs is 1. The molecule has 1 N–H and O–H groups in total. The van der Waals surface area contributed by atoms with E-state index in [0.29, 0.717) is 24.2 Å². The van der Waals surface area contributed by atoms with Gasteiger partial charge in [0.25, 0.3) is 0 Å². The molecule has 0 saturated carbocycles. The molecule has 1 fully saturated rings. The molecule has 10 nitrogen and oxygen atoms in total. The van der Waals surface area contributed by atoms with Crippen LogP contribution in [0.2, 0.25) is 0 Å². The van der Waals surface area contributed by atoms with Crippen LogP contribution in [-0.2, 0) is 4.74 Å². The first kappa shape index (κ1) is 27.3. The van der Waals surface area contributed by atoms with Crippen molar-refractivity contribution in [2.24, 2.45) is 0 Å². The van der Waals surface area contributed by atoms with Gasteiger partial charge in [-0.1, -0.05) is 6.92 Å². The summed E-state index contributed by atoms with van der Waals surface area (Å²) in [4.78, 5) is 30.0. The number of hydrogen-bond donors (Lipinski definition) is 1. The molecule has 2 atom stereocenters. The zero-order chi connectivity index (χ0) is 28.4. The van der Waals surface area contributed by atoms with Gasteiger partial charge in [-0.15, -0.1) is 0 Å². The molecule has 0 unspecified atom stereocenters. The van der Waals surface area contributed by atoms with Crippen LogP contribution in [0.1, 0.15) is 47.0 Å². The van der Waals surface area contributed by atoms with Crippen molar-refractivity contribution in [2.75, 3.05) is 23.4 Å². The van der Waals surface area contributed by atoms with Gasteiger partial charge in [0.2, 0.25) is 5.95 Å². The molecule has 1 aliphatic rings. The zero-order valence-corrected chi connectivity index (χ0v) is 23.5. The number of amides is 1. The lowest BCUT2D eigenvalue weighted by Crippen LogP contribution is -2.52.